The fraction of sp³-hybridized carbons (Fsp3) is 0.909. The Hall–Kier alpha value is -0.180. The second-order valence-electron chi connectivity index (χ2n) is 5.70. The van der Waals surface area contributed by atoms with Gasteiger partial charge in [0.1, 0.15) is 6.29 Å². The summed E-state index contributed by atoms with van der Waals surface area (Å²) < 4.78 is 23.4. The molecule has 0 saturated heterocycles. The molecule has 0 fully saturated rings. The molecule has 0 bridgehead atoms. The predicted molar refractivity (Wildman–Crippen MR) is 64.8 cm³/mol. The number of hydrogen-bond acceptors (Lipinski definition) is 4. The number of carbonyl (C=O) groups excluding carboxylic acids is 1. The lowest BCUT2D eigenvalue weighted by Gasteiger charge is -2.31. The van der Waals surface area contributed by atoms with Crippen LogP contribution in [0.1, 0.15) is 48.0 Å². The Morgan fingerprint density at radius 2 is 1.38 bits per heavy atom. The van der Waals surface area contributed by atoms with E-state index < -0.39 is 18.8 Å². The largest absolute Gasteiger partial charge is 0.332 e. The molecular weight excluding hydrogens is 227 g/mol. The summed E-state index contributed by atoms with van der Waals surface area (Å²) in [6.07, 6.45) is 1.04. The first-order valence-corrected chi connectivity index (χ1v) is 7.14. The molecule has 96 valence electrons. The van der Waals surface area contributed by atoms with Crippen LogP contribution in [0.4, 0.5) is 0 Å². The zero-order valence-electron chi connectivity index (χ0n) is 11.1. The Morgan fingerprint density at radius 3 is 1.62 bits per heavy atom. The minimum atomic E-state index is -3.21. The molecule has 0 heterocycles. The number of aldehydes is 1. The van der Waals surface area contributed by atoms with Crippen LogP contribution in [0.25, 0.3) is 0 Å². The van der Waals surface area contributed by atoms with E-state index in [9.17, 15) is 9.36 Å². The van der Waals surface area contributed by atoms with E-state index in [1.165, 1.54) is 0 Å². The van der Waals surface area contributed by atoms with Crippen LogP contribution >= 0.6 is 7.60 Å². The van der Waals surface area contributed by atoms with Gasteiger partial charge >= 0.3 is 7.60 Å². The molecule has 0 aliphatic carbocycles. The summed E-state index contributed by atoms with van der Waals surface area (Å²) in [7, 11) is -3.21. The van der Waals surface area contributed by atoms with Crippen LogP contribution in [0, 0.1) is 0 Å². The molecule has 4 nitrogen and oxygen atoms in total. The lowest BCUT2D eigenvalue weighted by molar-refractivity contribution is -0.107. The van der Waals surface area contributed by atoms with Crippen LogP contribution in [0.5, 0.6) is 0 Å². The summed E-state index contributed by atoms with van der Waals surface area (Å²) in [4.78, 5) is 10.4. The van der Waals surface area contributed by atoms with Crippen molar-refractivity contribution in [2.75, 3.05) is 6.16 Å². The van der Waals surface area contributed by atoms with Crippen LogP contribution in [0.15, 0.2) is 0 Å². The molecule has 0 N–H and O–H groups in total. The topological polar surface area (TPSA) is 52.6 Å². The molecule has 0 rings (SSSR count). The maximum absolute atomic E-state index is 12.4. The van der Waals surface area contributed by atoms with Crippen LogP contribution in [0.2, 0.25) is 0 Å². The second-order valence-corrected chi connectivity index (χ2v) is 7.73. The maximum Gasteiger partial charge on any atom is 0.332 e. The number of hydrogen-bond donors (Lipinski definition) is 0. The lowest BCUT2D eigenvalue weighted by atomic mass is 10.2. The molecule has 0 saturated carbocycles. The van der Waals surface area contributed by atoms with Crippen LogP contribution in [-0.2, 0) is 18.4 Å². The minimum absolute atomic E-state index is 0.130. The summed E-state index contributed by atoms with van der Waals surface area (Å²) >= 11 is 0. The highest BCUT2D eigenvalue weighted by atomic mass is 31.2. The third-order valence-corrected chi connectivity index (χ3v) is 3.80. The highest BCUT2D eigenvalue weighted by molar-refractivity contribution is 7.53. The van der Waals surface area contributed by atoms with Crippen LogP contribution < -0.4 is 0 Å². The molecule has 0 aliphatic rings. The van der Waals surface area contributed by atoms with Gasteiger partial charge in [-0.15, -0.1) is 0 Å². The molecule has 0 spiro atoms. The van der Waals surface area contributed by atoms with Gasteiger partial charge in [0.05, 0.1) is 17.4 Å². The SMILES string of the molecule is CC(C)(C)OP(=O)(CCC=O)OC(C)(C)C. The fourth-order valence-corrected chi connectivity index (χ4v) is 3.47. The van der Waals surface area contributed by atoms with Crippen molar-refractivity contribution in [3.8, 4) is 0 Å². The molecule has 16 heavy (non-hydrogen) atoms. The molecular formula is C11H23O4P. The van der Waals surface area contributed by atoms with Crippen molar-refractivity contribution in [1.29, 1.82) is 0 Å². The first kappa shape index (κ1) is 15.8. The summed E-state index contributed by atoms with van der Waals surface area (Å²) in [5.41, 5.74) is -1.10. The van der Waals surface area contributed by atoms with Gasteiger partial charge < -0.3 is 13.8 Å². The zero-order chi connectivity index (χ0) is 13.0. The van der Waals surface area contributed by atoms with E-state index in [0.29, 0.717) is 0 Å². The Labute approximate surface area is 98.2 Å². The highest BCUT2D eigenvalue weighted by Gasteiger charge is 2.34. The molecule has 0 radical (unpaired) electrons. The van der Waals surface area contributed by atoms with Crippen molar-refractivity contribution >= 4 is 13.9 Å². The van der Waals surface area contributed by atoms with Crippen molar-refractivity contribution < 1.29 is 18.4 Å². The molecule has 0 amide bonds. The highest BCUT2D eigenvalue weighted by Crippen LogP contribution is 2.54. The Bertz CT molecular complexity index is 253. The third kappa shape index (κ3) is 8.03. The average Bonchev–Trinajstić information content (AvgIpc) is 1.93. The minimum Gasteiger partial charge on any atom is -0.303 e. The molecule has 0 atom stereocenters. The van der Waals surface area contributed by atoms with E-state index >= 15 is 0 Å². The number of rotatable bonds is 5. The van der Waals surface area contributed by atoms with Gasteiger partial charge in [-0.25, -0.2) is 0 Å². The van der Waals surface area contributed by atoms with Crippen molar-refractivity contribution in [2.45, 2.75) is 59.2 Å². The summed E-state index contributed by atoms with van der Waals surface area (Å²) in [6.45, 7) is 10.9. The van der Waals surface area contributed by atoms with E-state index in [0.717, 1.165) is 6.29 Å². The zero-order valence-corrected chi connectivity index (χ0v) is 12.0. The maximum atomic E-state index is 12.4. The van der Waals surface area contributed by atoms with Crippen molar-refractivity contribution in [1.82, 2.24) is 0 Å². The van der Waals surface area contributed by atoms with Gasteiger partial charge in [-0.3, -0.25) is 4.57 Å². The first-order valence-electron chi connectivity index (χ1n) is 5.42. The predicted octanol–water partition coefficient (Wildman–Crippen LogP) is 3.40. The van der Waals surface area contributed by atoms with Crippen molar-refractivity contribution in [3.05, 3.63) is 0 Å². The van der Waals surface area contributed by atoms with Gasteiger partial charge in [-0.05, 0) is 41.5 Å². The standard InChI is InChI=1S/C11H23O4P/c1-10(2,3)14-16(13,9-7-8-12)15-11(4,5)6/h8H,7,9H2,1-6H3. The molecule has 5 heteroatoms. The van der Waals surface area contributed by atoms with Crippen molar-refractivity contribution in [2.24, 2.45) is 0 Å². The van der Waals surface area contributed by atoms with Crippen LogP contribution in [-0.4, -0.2) is 23.7 Å². The van der Waals surface area contributed by atoms with E-state index in [-0.39, 0.29) is 12.6 Å². The third-order valence-electron chi connectivity index (χ3n) is 1.35. The van der Waals surface area contributed by atoms with Gasteiger partial charge in [0.2, 0.25) is 0 Å². The molecule has 0 aliphatic heterocycles. The quantitative estimate of drug-likeness (QED) is 0.554. The van der Waals surface area contributed by atoms with E-state index in [2.05, 4.69) is 0 Å². The van der Waals surface area contributed by atoms with Crippen molar-refractivity contribution in [3.63, 3.8) is 0 Å². The average molecular weight is 250 g/mol. The van der Waals surface area contributed by atoms with Gasteiger partial charge in [0.15, 0.2) is 0 Å². The normalized spacial score (nSPS) is 13.9. The Kier molecular flexibility index (Phi) is 5.37. The van der Waals surface area contributed by atoms with Gasteiger partial charge in [-0.1, -0.05) is 0 Å². The Morgan fingerprint density at radius 1 is 1.00 bits per heavy atom. The van der Waals surface area contributed by atoms with E-state index in [4.69, 9.17) is 9.05 Å². The smallest absolute Gasteiger partial charge is 0.303 e. The lowest BCUT2D eigenvalue weighted by Crippen LogP contribution is -2.24. The first-order chi connectivity index (χ1) is 6.97. The van der Waals surface area contributed by atoms with Gasteiger partial charge in [0.25, 0.3) is 0 Å². The summed E-state index contributed by atoms with van der Waals surface area (Å²) in [5, 5.41) is 0. The monoisotopic (exact) mass is 250 g/mol. The summed E-state index contributed by atoms with van der Waals surface area (Å²) in [6, 6.07) is 0. The van der Waals surface area contributed by atoms with Crippen LogP contribution in [0.3, 0.4) is 0 Å². The Balaban J connectivity index is 4.75. The summed E-state index contributed by atoms with van der Waals surface area (Å²) in [5.74, 6) is 0. The van der Waals surface area contributed by atoms with Gasteiger partial charge in [-0.2, -0.15) is 0 Å². The number of carbonyl (C=O) groups is 1. The molecule has 0 aromatic carbocycles. The molecule has 0 unspecified atom stereocenters. The second kappa shape index (κ2) is 5.44. The molecule has 0 aromatic heterocycles. The fourth-order valence-electron chi connectivity index (χ4n) is 1.16. The van der Waals surface area contributed by atoms with E-state index in [1.54, 1.807) is 0 Å². The molecule has 0 aromatic rings. The van der Waals surface area contributed by atoms with E-state index in [1.807, 2.05) is 41.5 Å². The van der Waals surface area contributed by atoms with Gasteiger partial charge in [0, 0.05) is 6.42 Å².